The van der Waals surface area contributed by atoms with Gasteiger partial charge in [-0.05, 0) is 139 Å². The number of ether oxygens (including phenoxy) is 12. The average molecular weight is 1050 g/mol. The van der Waals surface area contributed by atoms with Crippen LogP contribution in [0.2, 0.25) is 0 Å². The molecule has 15 nitrogen and oxygen atoms in total. The molecule has 79 heavy (non-hydrogen) atoms. The molecule has 12 rings (SSSR count). The van der Waals surface area contributed by atoms with Crippen molar-refractivity contribution in [1.82, 2.24) is 0 Å². The first-order chi connectivity index (χ1) is 38.8. The molecule has 0 radical (unpaired) electrons. The first kappa shape index (κ1) is 49.0. The van der Waals surface area contributed by atoms with Gasteiger partial charge in [0, 0.05) is 23.6 Å². The van der Waals surface area contributed by atoms with E-state index >= 15 is 0 Å². The number of para-hydroxylation sites is 1. The maximum atomic E-state index is 10.3. The summed E-state index contributed by atoms with van der Waals surface area (Å²) in [6.07, 6.45) is 1.34. The topological polar surface area (TPSA) is 163 Å². The predicted octanol–water partition coefficient (Wildman–Crippen LogP) is 15.9. The van der Waals surface area contributed by atoms with Crippen LogP contribution in [0.5, 0.6) is 103 Å². The van der Waals surface area contributed by atoms with E-state index in [4.69, 9.17) is 63.4 Å². The third-order valence-corrected chi connectivity index (χ3v) is 13.5. The Morgan fingerprint density at radius 1 is 0.418 bits per heavy atom. The minimum Gasteiger partial charge on any atom is -0.468 e. The van der Waals surface area contributed by atoms with Gasteiger partial charge in [-0.3, -0.25) is 0 Å². The highest BCUT2D eigenvalue weighted by molar-refractivity contribution is 5.69. The maximum Gasteiger partial charge on any atom is 0.270 e. The van der Waals surface area contributed by atoms with E-state index in [2.05, 4.69) is 23.9 Å². The van der Waals surface area contributed by atoms with E-state index in [-0.39, 0.29) is 37.2 Å². The van der Waals surface area contributed by atoms with Crippen molar-refractivity contribution < 1.29 is 56.8 Å². The Balaban J connectivity index is 0.786. The standard InChI is InChI=1S/C64H43N3O12/c1-64(41-14-20-44(21-15-41)75-52-7-4-9-54(50(52)36-66)78-47-25-28-56-61(33-47)72-38-69-56,42-16-22-45(23-17-42)76-58-10-5-11-59(63(58)67-2)79-48-26-29-57-62(34-48)73-39-70-57)31-30-40-12-18-43(19-13-40)74-51-6-3-8-53(49(51)35-65)77-46-24-27-55-60(32-46)71-37-68-55/h3-29,32-34H,30-31,37-39H2,1H3. The minimum absolute atomic E-state index is 0.130. The zero-order chi connectivity index (χ0) is 53.7. The number of hydrogen-bond acceptors (Lipinski definition) is 14. The van der Waals surface area contributed by atoms with Gasteiger partial charge in [0.2, 0.25) is 20.4 Å². The van der Waals surface area contributed by atoms with E-state index in [1.165, 1.54) is 0 Å². The maximum absolute atomic E-state index is 10.3. The van der Waals surface area contributed by atoms with Crippen LogP contribution in [0.3, 0.4) is 0 Å². The number of benzene rings is 9. The molecule has 0 amide bonds. The molecule has 0 saturated heterocycles. The molecule has 0 aliphatic carbocycles. The fraction of sp³-hybridized carbons (Fsp3) is 0.109. The van der Waals surface area contributed by atoms with Crippen LogP contribution in [0.1, 0.15) is 41.2 Å². The molecule has 0 fully saturated rings. The Labute approximate surface area is 453 Å². The number of nitriles is 2. The molecular formula is C64H43N3O12. The third-order valence-electron chi connectivity index (χ3n) is 13.5. The van der Waals surface area contributed by atoms with Gasteiger partial charge in [-0.15, -0.1) is 0 Å². The van der Waals surface area contributed by atoms with Gasteiger partial charge in [0.25, 0.3) is 5.69 Å². The van der Waals surface area contributed by atoms with Gasteiger partial charge >= 0.3 is 0 Å². The second-order valence-corrected chi connectivity index (χ2v) is 18.4. The fourth-order valence-electron chi connectivity index (χ4n) is 9.30. The van der Waals surface area contributed by atoms with Gasteiger partial charge in [0.15, 0.2) is 34.5 Å². The Hall–Kier alpha value is -11.0. The highest BCUT2D eigenvalue weighted by Crippen LogP contribution is 2.46. The number of nitrogens with zero attached hydrogens (tertiary/aromatic N) is 3. The summed E-state index contributed by atoms with van der Waals surface area (Å²) in [5.41, 5.74) is 3.18. The molecule has 1 unspecified atom stereocenters. The SMILES string of the molecule is [C-]#[N+]c1c(Oc2ccc(C(C)(CCc3ccc(Oc4cccc(Oc5ccc6c(c5)OCO6)c4C#N)cc3)c3ccc(Oc4cccc(Oc5ccc6c(c5)OCO6)c4C#N)cc3)cc2)cccc1Oc1ccc2c(c1)OCO2. The Morgan fingerprint density at radius 2 is 0.734 bits per heavy atom. The van der Waals surface area contributed by atoms with Crippen LogP contribution in [0.25, 0.3) is 4.85 Å². The normalized spacial score (nSPS) is 13.0. The summed E-state index contributed by atoms with van der Waals surface area (Å²) in [5.74, 6) is 8.63. The van der Waals surface area contributed by atoms with Crippen molar-refractivity contribution in [3.8, 4) is 116 Å². The van der Waals surface area contributed by atoms with E-state index in [1.807, 2.05) is 72.8 Å². The van der Waals surface area contributed by atoms with Crippen LogP contribution in [0.4, 0.5) is 5.69 Å². The summed E-state index contributed by atoms with van der Waals surface area (Å²) in [5, 5.41) is 20.6. The second kappa shape index (κ2) is 21.4. The summed E-state index contributed by atoms with van der Waals surface area (Å²) in [4.78, 5) is 3.79. The lowest BCUT2D eigenvalue weighted by Gasteiger charge is -2.32. The molecule has 0 N–H and O–H groups in total. The van der Waals surface area contributed by atoms with Gasteiger partial charge in [-0.2, -0.15) is 10.5 Å². The van der Waals surface area contributed by atoms with E-state index in [9.17, 15) is 10.5 Å². The van der Waals surface area contributed by atoms with Gasteiger partial charge in [-0.25, -0.2) is 4.85 Å². The summed E-state index contributed by atoms with van der Waals surface area (Å²) in [7, 11) is 0. The summed E-state index contributed by atoms with van der Waals surface area (Å²) in [6.45, 7) is 10.7. The zero-order valence-corrected chi connectivity index (χ0v) is 42.1. The van der Waals surface area contributed by atoms with Crippen molar-refractivity contribution in [2.24, 2.45) is 0 Å². The fourth-order valence-corrected chi connectivity index (χ4v) is 9.30. The molecule has 0 bridgehead atoms. The molecule has 3 aliphatic heterocycles. The molecule has 9 aromatic rings. The summed E-state index contributed by atoms with van der Waals surface area (Å²) in [6, 6.07) is 59.3. The van der Waals surface area contributed by atoms with Gasteiger partial charge in [-0.1, -0.05) is 61.5 Å². The summed E-state index contributed by atoms with van der Waals surface area (Å²) < 4.78 is 70.3. The van der Waals surface area contributed by atoms with Crippen LogP contribution in [-0.2, 0) is 11.8 Å². The van der Waals surface area contributed by atoms with Crippen molar-refractivity contribution >= 4 is 5.69 Å². The molecule has 386 valence electrons. The minimum atomic E-state index is -0.567. The Bertz CT molecular complexity index is 3730. The molecule has 9 aromatic carbocycles. The van der Waals surface area contributed by atoms with Crippen LogP contribution in [0.15, 0.2) is 182 Å². The van der Waals surface area contributed by atoms with E-state index in [1.54, 1.807) is 109 Å². The lowest BCUT2D eigenvalue weighted by molar-refractivity contribution is 0.173. The van der Waals surface area contributed by atoms with E-state index < -0.39 is 5.41 Å². The predicted molar refractivity (Wildman–Crippen MR) is 287 cm³/mol. The smallest absolute Gasteiger partial charge is 0.270 e. The number of fused-ring (bicyclic) bond motifs is 3. The molecule has 3 heterocycles. The molecule has 1 atom stereocenters. The highest BCUT2D eigenvalue weighted by Gasteiger charge is 2.30. The Kier molecular flexibility index (Phi) is 13.2. The van der Waals surface area contributed by atoms with Gasteiger partial charge < -0.3 is 56.8 Å². The summed E-state index contributed by atoms with van der Waals surface area (Å²) >= 11 is 0. The largest absolute Gasteiger partial charge is 0.468 e. The molecular weight excluding hydrogens is 1000 g/mol. The molecule has 3 aliphatic rings. The van der Waals surface area contributed by atoms with Crippen molar-refractivity contribution in [2.45, 2.75) is 25.2 Å². The monoisotopic (exact) mass is 1050 g/mol. The van der Waals surface area contributed by atoms with Crippen molar-refractivity contribution in [3.05, 3.63) is 221 Å². The van der Waals surface area contributed by atoms with Crippen molar-refractivity contribution in [1.29, 1.82) is 10.5 Å². The van der Waals surface area contributed by atoms with Crippen LogP contribution in [-0.4, -0.2) is 20.4 Å². The quantitative estimate of drug-likeness (QED) is 0.0792. The van der Waals surface area contributed by atoms with Gasteiger partial charge in [0.1, 0.15) is 92.3 Å². The van der Waals surface area contributed by atoms with Crippen molar-refractivity contribution in [3.63, 3.8) is 0 Å². The number of hydrogen-bond donors (Lipinski definition) is 0. The van der Waals surface area contributed by atoms with E-state index in [0.717, 1.165) is 16.7 Å². The van der Waals surface area contributed by atoms with Crippen LogP contribution < -0.4 is 56.8 Å². The lowest BCUT2D eigenvalue weighted by atomic mass is 9.72. The molecule has 0 aromatic heterocycles. The number of aryl methyl sites for hydroxylation is 1. The number of rotatable bonds is 17. The Morgan fingerprint density at radius 3 is 1.11 bits per heavy atom. The lowest BCUT2D eigenvalue weighted by Crippen LogP contribution is -2.24. The molecule has 15 heteroatoms. The second-order valence-electron chi connectivity index (χ2n) is 18.4. The van der Waals surface area contributed by atoms with Crippen LogP contribution in [0, 0.1) is 29.2 Å². The third kappa shape index (κ3) is 10.3. The average Bonchev–Trinajstić information content (AvgIpc) is 4.32. The highest BCUT2D eigenvalue weighted by atomic mass is 16.7. The van der Waals surface area contributed by atoms with E-state index in [0.29, 0.717) is 116 Å². The van der Waals surface area contributed by atoms with Crippen molar-refractivity contribution in [2.75, 3.05) is 20.4 Å². The first-order valence-electron chi connectivity index (χ1n) is 24.9. The van der Waals surface area contributed by atoms with Gasteiger partial charge in [0.05, 0.1) is 6.57 Å². The molecule has 0 saturated carbocycles. The molecule has 0 spiro atoms. The van der Waals surface area contributed by atoms with Crippen LogP contribution >= 0.6 is 0 Å². The first-order valence-corrected chi connectivity index (χ1v) is 24.9. The zero-order valence-electron chi connectivity index (χ0n) is 42.1.